The van der Waals surface area contributed by atoms with Crippen molar-refractivity contribution in [2.45, 2.75) is 19.0 Å². The van der Waals surface area contributed by atoms with Gasteiger partial charge in [0.05, 0.1) is 27.2 Å². The molecular formula is C19H20Cl2N6OS. The maximum Gasteiger partial charge on any atom is 0.234 e. The predicted molar refractivity (Wildman–Crippen MR) is 119 cm³/mol. The molecule has 1 heterocycles. The lowest BCUT2D eigenvalue weighted by atomic mass is 10.2. The summed E-state index contributed by atoms with van der Waals surface area (Å²) >= 11 is 13.8. The van der Waals surface area contributed by atoms with E-state index in [1.165, 1.54) is 16.4 Å². The molecule has 29 heavy (non-hydrogen) atoms. The first-order chi connectivity index (χ1) is 14.0. The van der Waals surface area contributed by atoms with Crippen molar-refractivity contribution in [2.24, 2.45) is 0 Å². The SMILES string of the molecule is CCN(CC)c1ccc(-n2nnnc2SCC(=O)Nc2ccccc2Cl)c(Cl)c1. The van der Waals surface area contributed by atoms with Gasteiger partial charge in [-0.05, 0) is 54.6 Å². The number of halogens is 2. The van der Waals surface area contributed by atoms with E-state index in [2.05, 4.69) is 39.6 Å². The lowest BCUT2D eigenvalue weighted by molar-refractivity contribution is -0.113. The number of amides is 1. The summed E-state index contributed by atoms with van der Waals surface area (Å²) in [4.78, 5) is 14.5. The Kier molecular flexibility index (Phi) is 7.35. The minimum atomic E-state index is -0.208. The number of hydrogen-bond donors (Lipinski definition) is 1. The van der Waals surface area contributed by atoms with E-state index in [-0.39, 0.29) is 11.7 Å². The topological polar surface area (TPSA) is 75.9 Å². The van der Waals surface area contributed by atoms with E-state index in [0.717, 1.165) is 18.8 Å². The number of para-hydroxylation sites is 1. The number of nitrogens with one attached hydrogen (secondary N) is 1. The molecule has 2 aromatic carbocycles. The summed E-state index contributed by atoms with van der Waals surface area (Å²) < 4.78 is 1.53. The third-order valence-corrected chi connectivity index (χ3v) is 5.76. The van der Waals surface area contributed by atoms with Gasteiger partial charge in [-0.25, -0.2) is 0 Å². The van der Waals surface area contributed by atoms with Crippen LogP contribution in [0.4, 0.5) is 11.4 Å². The summed E-state index contributed by atoms with van der Waals surface area (Å²) in [6, 6.07) is 12.8. The first-order valence-electron chi connectivity index (χ1n) is 9.03. The number of aromatic nitrogens is 4. The van der Waals surface area contributed by atoms with Crippen LogP contribution in [0.3, 0.4) is 0 Å². The standard InChI is InChI=1S/C19H20Cl2N6OS/c1-3-26(4-2)13-9-10-17(15(21)11-13)27-19(23-24-25-27)29-12-18(28)22-16-8-6-5-7-14(16)20/h5-11H,3-4,12H2,1-2H3,(H,22,28). The Morgan fingerprint density at radius 3 is 2.59 bits per heavy atom. The molecule has 0 saturated carbocycles. The number of carbonyl (C=O) groups excluding carboxylic acids is 1. The van der Waals surface area contributed by atoms with Gasteiger partial charge >= 0.3 is 0 Å². The first-order valence-corrected chi connectivity index (χ1v) is 10.8. The number of thioether (sulfide) groups is 1. The van der Waals surface area contributed by atoms with E-state index in [4.69, 9.17) is 23.2 Å². The monoisotopic (exact) mass is 450 g/mol. The Morgan fingerprint density at radius 1 is 1.14 bits per heavy atom. The lowest BCUT2D eigenvalue weighted by Gasteiger charge is -2.21. The van der Waals surface area contributed by atoms with Crippen LogP contribution in [0.15, 0.2) is 47.6 Å². The van der Waals surface area contributed by atoms with Crippen molar-refractivity contribution in [3.8, 4) is 5.69 Å². The molecule has 0 aliphatic rings. The number of tetrazole rings is 1. The highest BCUT2D eigenvalue weighted by Crippen LogP contribution is 2.29. The second-order valence-electron chi connectivity index (χ2n) is 6.00. The highest BCUT2D eigenvalue weighted by Gasteiger charge is 2.15. The molecule has 0 atom stereocenters. The highest BCUT2D eigenvalue weighted by molar-refractivity contribution is 7.99. The van der Waals surface area contributed by atoms with Crippen LogP contribution >= 0.6 is 35.0 Å². The van der Waals surface area contributed by atoms with Crippen LogP contribution in [0.1, 0.15) is 13.8 Å². The van der Waals surface area contributed by atoms with Crippen LogP contribution < -0.4 is 10.2 Å². The van der Waals surface area contributed by atoms with Crippen molar-refractivity contribution >= 4 is 52.2 Å². The molecule has 0 aliphatic carbocycles. The predicted octanol–water partition coefficient (Wildman–Crippen LogP) is 4.55. The van der Waals surface area contributed by atoms with Gasteiger partial charge in [0.15, 0.2) is 0 Å². The zero-order valence-electron chi connectivity index (χ0n) is 16.0. The van der Waals surface area contributed by atoms with Gasteiger partial charge in [0.1, 0.15) is 0 Å². The Labute approximate surface area is 183 Å². The molecule has 0 radical (unpaired) electrons. The molecule has 1 aromatic heterocycles. The van der Waals surface area contributed by atoms with Gasteiger partial charge in [0, 0.05) is 18.8 Å². The number of anilines is 2. The lowest BCUT2D eigenvalue weighted by Crippen LogP contribution is -2.21. The van der Waals surface area contributed by atoms with Gasteiger partial charge in [-0.3, -0.25) is 4.79 Å². The summed E-state index contributed by atoms with van der Waals surface area (Å²) in [5.74, 6) is -0.0820. The number of carbonyl (C=O) groups is 1. The Balaban J connectivity index is 1.71. The van der Waals surface area contributed by atoms with Crippen LogP contribution in [0.25, 0.3) is 5.69 Å². The molecule has 3 rings (SSSR count). The van der Waals surface area contributed by atoms with E-state index in [9.17, 15) is 4.79 Å². The maximum absolute atomic E-state index is 12.3. The molecule has 0 aliphatic heterocycles. The molecule has 1 amide bonds. The number of nitrogens with zero attached hydrogens (tertiary/aromatic N) is 5. The fourth-order valence-corrected chi connectivity index (χ4v) is 3.87. The van der Waals surface area contributed by atoms with Crippen molar-refractivity contribution in [1.82, 2.24) is 20.2 Å². The minimum absolute atomic E-state index is 0.126. The number of hydrogen-bond acceptors (Lipinski definition) is 6. The third kappa shape index (κ3) is 5.20. The van der Waals surface area contributed by atoms with Crippen molar-refractivity contribution < 1.29 is 4.79 Å². The molecule has 152 valence electrons. The summed E-state index contributed by atoms with van der Waals surface area (Å²) in [5.41, 5.74) is 2.25. The van der Waals surface area contributed by atoms with Crippen molar-refractivity contribution in [3.05, 3.63) is 52.5 Å². The van der Waals surface area contributed by atoms with Crippen LogP contribution in [-0.4, -0.2) is 45.0 Å². The summed E-state index contributed by atoms with van der Waals surface area (Å²) in [5, 5.41) is 16.0. The average Bonchev–Trinajstić information content (AvgIpc) is 3.17. The molecule has 1 N–H and O–H groups in total. The van der Waals surface area contributed by atoms with Gasteiger partial charge in [0.2, 0.25) is 11.1 Å². The summed E-state index contributed by atoms with van der Waals surface area (Å²) in [6.07, 6.45) is 0. The van der Waals surface area contributed by atoms with E-state index >= 15 is 0 Å². The third-order valence-electron chi connectivity index (χ3n) is 4.21. The summed E-state index contributed by atoms with van der Waals surface area (Å²) in [6.45, 7) is 5.96. The largest absolute Gasteiger partial charge is 0.372 e. The Morgan fingerprint density at radius 2 is 1.90 bits per heavy atom. The van der Waals surface area contributed by atoms with Gasteiger partial charge in [0.25, 0.3) is 0 Å². The second kappa shape index (κ2) is 9.96. The molecule has 0 unspecified atom stereocenters. The highest BCUT2D eigenvalue weighted by atomic mass is 35.5. The van der Waals surface area contributed by atoms with Crippen molar-refractivity contribution in [2.75, 3.05) is 29.1 Å². The summed E-state index contributed by atoms with van der Waals surface area (Å²) in [7, 11) is 0. The normalized spacial score (nSPS) is 10.8. The van der Waals surface area contributed by atoms with E-state index in [0.29, 0.717) is 26.6 Å². The van der Waals surface area contributed by atoms with E-state index in [1.807, 2.05) is 18.2 Å². The van der Waals surface area contributed by atoms with E-state index in [1.54, 1.807) is 24.3 Å². The first kappa shape index (κ1) is 21.4. The molecule has 0 saturated heterocycles. The van der Waals surface area contributed by atoms with Gasteiger partial charge < -0.3 is 10.2 Å². The molecule has 0 spiro atoms. The molecule has 10 heteroatoms. The van der Waals surface area contributed by atoms with Crippen molar-refractivity contribution in [1.29, 1.82) is 0 Å². The quantitative estimate of drug-likeness (QED) is 0.507. The molecule has 0 fully saturated rings. The van der Waals surface area contributed by atoms with Crippen LogP contribution in [0.5, 0.6) is 0 Å². The van der Waals surface area contributed by atoms with Crippen LogP contribution in [-0.2, 0) is 4.79 Å². The maximum atomic E-state index is 12.3. The zero-order valence-corrected chi connectivity index (χ0v) is 18.3. The zero-order chi connectivity index (χ0) is 20.8. The Hall–Kier alpha value is -2.29. The Bertz CT molecular complexity index is 992. The number of rotatable bonds is 8. The molecule has 7 nitrogen and oxygen atoms in total. The fraction of sp³-hybridized carbons (Fsp3) is 0.263. The molecule has 0 bridgehead atoms. The minimum Gasteiger partial charge on any atom is -0.372 e. The van der Waals surface area contributed by atoms with Gasteiger partial charge in [-0.2, -0.15) is 4.68 Å². The molecular weight excluding hydrogens is 431 g/mol. The number of benzene rings is 2. The smallest absolute Gasteiger partial charge is 0.234 e. The van der Waals surface area contributed by atoms with Crippen molar-refractivity contribution in [3.63, 3.8) is 0 Å². The van der Waals surface area contributed by atoms with Gasteiger partial charge in [-0.15, -0.1) is 5.10 Å². The average molecular weight is 451 g/mol. The molecule has 3 aromatic rings. The van der Waals surface area contributed by atoms with E-state index < -0.39 is 0 Å². The second-order valence-corrected chi connectivity index (χ2v) is 7.75. The van der Waals surface area contributed by atoms with Crippen LogP contribution in [0.2, 0.25) is 10.0 Å². The van der Waals surface area contributed by atoms with Gasteiger partial charge in [-0.1, -0.05) is 47.1 Å². The van der Waals surface area contributed by atoms with Crippen LogP contribution in [0, 0.1) is 0 Å². The fourth-order valence-electron chi connectivity index (χ4n) is 2.75.